The Kier molecular flexibility index (Phi) is 5.02. The lowest BCUT2D eigenvalue weighted by molar-refractivity contribution is -0.127. The molecular formula is C17H22BrN3O2. The predicted molar refractivity (Wildman–Crippen MR) is 93.2 cm³/mol. The largest absolute Gasteiger partial charge is 0.352 e. The van der Waals surface area contributed by atoms with Gasteiger partial charge in [-0.1, -0.05) is 22.0 Å². The van der Waals surface area contributed by atoms with E-state index >= 15 is 0 Å². The molecular weight excluding hydrogens is 358 g/mol. The zero-order chi connectivity index (χ0) is 16.4. The lowest BCUT2D eigenvalue weighted by Gasteiger charge is -2.31. The van der Waals surface area contributed by atoms with E-state index in [1.165, 1.54) is 0 Å². The first-order chi connectivity index (χ1) is 11.0. The molecule has 3 rings (SSSR count). The molecule has 2 fully saturated rings. The van der Waals surface area contributed by atoms with Crippen LogP contribution in [0.5, 0.6) is 0 Å². The fourth-order valence-electron chi connectivity index (χ4n) is 3.32. The van der Waals surface area contributed by atoms with Crippen molar-refractivity contribution in [3.05, 3.63) is 28.7 Å². The second-order valence-electron chi connectivity index (χ2n) is 6.39. The summed E-state index contributed by atoms with van der Waals surface area (Å²) >= 11 is 3.42. The summed E-state index contributed by atoms with van der Waals surface area (Å²) in [5.74, 6) is -0.259. The molecule has 1 aromatic carbocycles. The average molecular weight is 380 g/mol. The molecule has 2 saturated heterocycles. The van der Waals surface area contributed by atoms with Gasteiger partial charge in [0.2, 0.25) is 11.8 Å². The number of anilines is 1. The number of nitrogens with one attached hydrogen (secondary N) is 2. The molecule has 0 saturated carbocycles. The van der Waals surface area contributed by atoms with Gasteiger partial charge in [-0.05, 0) is 44.5 Å². The van der Waals surface area contributed by atoms with Crippen molar-refractivity contribution < 1.29 is 9.59 Å². The minimum Gasteiger partial charge on any atom is -0.352 e. The molecule has 1 aromatic rings. The van der Waals surface area contributed by atoms with Gasteiger partial charge in [-0.25, -0.2) is 0 Å². The monoisotopic (exact) mass is 379 g/mol. The molecule has 0 aliphatic carbocycles. The molecule has 3 unspecified atom stereocenters. The maximum Gasteiger partial charge on any atom is 0.227 e. The van der Waals surface area contributed by atoms with Gasteiger partial charge in [0.25, 0.3) is 0 Å². The zero-order valence-corrected chi connectivity index (χ0v) is 14.8. The number of carbonyl (C=O) groups is 2. The summed E-state index contributed by atoms with van der Waals surface area (Å²) in [5, 5.41) is 6.51. The molecule has 0 spiro atoms. The highest BCUT2D eigenvalue weighted by Crippen LogP contribution is 2.27. The van der Waals surface area contributed by atoms with Crippen molar-refractivity contribution in [1.29, 1.82) is 0 Å². The average Bonchev–Trinajstić information content (AvgIpc) is 2.92. The molecule has 6 heteroatoms. The molecule has 0 aromatic heterocycles. The van der Waals surface area contributed by atoms with Crippen LogP contribution in [0.15, 0.2) is 28.7 Å². The molecule has 23 heavy (non-hydrogen) atoms. The lowest BCUT2D eigenvalue weighted by Crippen LogP contribution is -2.53. The molecule has 3 atom stereocenters. The third-order valence-electron chi connectivity index (χ3n) is 4.71. The van der Waals surface area contributed by atoms with Gasteiger partial charge in [0.05, 0.1) is 5.92 Å². The van der Waals surface area contributed by atoms with Crippen molar-refractivity contribution in [2.75, 3.05) is 18.0 Å². The number of benzene rings is 1. The zero-order valence-electron chi connectivity index (χ0n) is 13.2. The second-order valence-corrected chi connectivity index (χ2v) is 7.30. The van der Waals surface area contributed by atoms with Crippen molar-refractivity contribution in [3.63, 3.8) is 0 Å². The van der Waals surface area contributed by atoms with E-state index in [9.17, 15) is 9.59 Å². The first-order valence-corrected chi connectivity index (χ1v) is 8.93. The van der Waals surface area contributed by atoms with Crippen LogP contribution in [0.25, 0.3) is 0 Å². The Morgan fingerprint density at radius 3 is 3.00 bits per heavy atom. The lowest BCUT2D eigenvalue weighted by atomic mass is 9.98. The minimum absolute atomic E-state index is 0.00334. The number of halogens is 1. The first-order valence-electron chi connectivity index (χ1n) is 8.14. The van der Waals surface area contributed by atoms with E-state index in [1.54, 1.807) is 4.90 Å². The van der Waals surface area contributed by atoms with Crippen LogP contribution in [-0.4, -0.2) is 37.0 Å². The van der Waals surface area contributed by atoms with Gasteiger partial charge in [0.1, 0.15) is 0 Å². The van der Waals surface area contributed by atoms with Crippen LogP contribution in [0.3, 0.4) is 0 Å². The van der Waals surface area contributed by atoms with Crippen LogP contribution in [-0.2, 0) is 9.59 Å². The van der Waals surface area contributed by atoms with Crippen molar-refractivity contribution >= 4 is 33.4 Å². The SMILES string of the molecule is CC1NCCCC1NC(=O)C1CC(=O)N(c2cccc(Br)c2)C1. The molecule has 2 amide bonds. The van der Waals surface area contributed by atoms with Gasteiger partial charge in [-0.3, -0.25) is 9.59 Å². The maximum atomic E-state index is 12.5. The van der Waals surface area contributed by atoms with E-state index in [0.29, 0.717) is 6.54 Å². The van der Waals surface area contributed by atoms with Crippen molar-refractivity contribution in [2.24, 2.45) is 5.92 Å². The number of nitrogens with zero attached hydrogens (tertiary/aromatic N) is 1. The number of hydrogen-bond donors (Lipinski definition) is 2. The highest BCUT2D eigenvalue weighted by molar-refractivity contribution is 9.10. The third-order valence-corrected chi connectivity index (χ3v) is 5.20. The summed E-state index contributed by atoms with van der Waals surface area (Å²) in [4.78, 5) is 26.5. The quantitative estimate of drug-likeness (QED) is 0.844. The number of rotatable bonds is 3. The fourth-order valence-corrected chi connectivity index (χ4v) is 3.71. The highest BCUT2D eigenvalue weighted by atomic mass is 79.9. The first kappa shape index (κ1) is 16.5. The highest BCUT2D eigenvalue weighted by Gasteiger charge is 2.36. The summed E-state index contributed by atoms with van der Waals surface area (Å²) in [6, 6.07) is 8.07. The molecule has 0 bridgehead atoms. The van der Waals surface area contributed by atoms with Gasteiger partial charge >= 0.3 is 0 Å². The fraction of sp³-hybridized carbons (Fsp3) is 0.529. The summed E-state index contributed by atoms with van der Waals surface area (Å²) < 4.78 is 0.929. The number of amides is 2. The number of carbonyl (C=O) groups excluding carboxylic acids is 2. The van der Waals surface area contributed by atoms with Crippen LogP contribution in [0, 0.1) is 5.92 Å². The molecule has 2 aliphatic rings. The molecule has 5 nitrogen and oxygen atoms in total. The Morgan fingerprint density at radius 1 is 1.43 bits per heavy atom. The molecule has 2 heterocycles. The van der Waals surface area contributed by atoms with E-state index in [-0.39, 0.29) is 36.2 Å². The Bertz CT molecular complexity index is 607. The minimum atomic E-state index is -0.268. The van der Waals surface area contributed by atoms with Gasteiger partial charge < -0.3 is 15.5 Å². The van der Waals surface area contributed by atoms with Crippen LogP contribution < -0.4 is 15.5 Å². The van der Waals surface area contributed by atoms with Crippen molar-refractivity contribution in [2.45, 2.75) is 38.3 Å². The Morgan fingerprint density at radius 2 is 2.26 bits per heavy atom. The van der Waals surface area contributed by atoms with Crippen LogP contribution in [0.4, 0.5) is 5.69 Å². The number of hydrogen-bond acceptors (Lipinski definition) is 3. The van der Waals surface area contributed by atoms with Crippen LogP contribution in [0.1, 0.15) is 26.2 Å². The molecule has 0 radical (unpaired) electrons. The van der Waals surface area contributed by atoms with E-state index in [2.05, 4.69) is 33.5 Å². The summed E-state index contributed by atoms with van der Waals surface area (Å²) in [5.41, 5.74) is 0.840. The van der Waals surface area contributed by atoms with Crippen LogP contribution in [0.2, 0.25) is 0 Å². The molecule has 124 valence electrons. The van der Waals surface area contributed by atoms with E-state index in [4.69, 9.17) is 0 Å². The van der Waals surface area contributed by atoms with E-state index in [0.717, 1.165) is 29.5 Å². The Labute approximate surface area is 144 Å². The smallest absolute Gasteiger partial charge is 0.227 e. The Balaban J connectivity index is 1.63. The molecule has 2 N–H and O–H groups in total. The van der Waals surface area contributed by atoms with E-state index < -0.39 is 0 Å². The van der Waals surface area contributed by atoms with Gasteiger partial charge in [0, 0.05) is 35.2 Å². The van der Waals surface area contributed by atoms with Gasteiger partial charge in [-0.2, -0.15) is 0 Å². The summed E-state index contributed by atoms with van der Waals surface area (Å²) in [6.07, 6.45) is 2.35. The second kappa shape index (κ2) is 7.01. The normalized spacial score (nSPS) is 28.0. The van der Waals surface area contributed by atoms with Crippen molar-refractivity contribution in [3.8, 4) is 0 Å². The maximum absolute atomic E-state index is 12.5. The summed E-state index contributed by atoms with van der Waals surface area (Å²) in [6.45, 7) is 3.56. The van der Waals surface area contributed by atoms with Crippen molar-refractivity contribution in [1.82, 2.24) is 10.6 Å². The van der Waals surface area contributed by atoms with Gasteiger partial charge in [0.15, 0.2) is 0 Å². The predicted octanol–water partition coefficient (Wildman–Crippen LogP) is 2.06. The van der Waals surface area contributed by atoms with Crippen LogP contribution >= 0.6 is 15.9 Å². The topological polar surface area (TPSA) is 61.4 Å². The number of piperidine rings is 1. The van der Waals surface area contributed by atoms with Gasteiger partial charge in [-0.15, -0.1) is 0 Å². The Hall–Kier alpha value is -1.40. The van der Waals surface area contributed by atoms with E-state index in [1.807, 2.05) is 24.3 Å². The third kappa shape index (κ3) is 3.75. The molecule has 2 aliphatic heterocycles. The summed E-state index contributed by atoms with van der Waals surface area (Å²) in [7, 11) is 0. The standard InChI is InChI=1S/C17H22BrN3O2/c1-11-15(6-3-7-19-11)20-17(23)12-8-16(22)21(10-12)14-5-2-4-13(18)9-14/h2,4-5,9,11-12,15,19H,3,6-8,10H2,1H3,(H,20,23).